The lowest BCUT2D eigenvalue weighted by Gasteiger charge is -2.35. The zero-order chi connectivity index (χ0) is 18.5. The first-order valence-corrected chi connectivity index (χ1v) is 9.97. The molecule has 6 heteroatoms. The van der Waals surface area contributed by atoms with Crippen LogP contribution in [0.15, 0.2) is 42.7 Å². The highest BCUT2D eigenvalue weighted by Gasteiger charge is 2.23. The van der Waals surface area contributed by atoms with Gasteiger partial charge in [-0.25, -0.2) is 9.97 Å². The minimum Gasteiger partial charge on any atom is -0.381 e. The zero-order valence-corrected chi connectivity index (χ0v) is 15.7. The highest BCUT2D eigenvalue weighted by Crippen LogP contribution is 2.21. The molecular formula is C21H27N5O. The van der Waals surface area contributed by atoms with Gasteiger partial charge in [-0.3, -0.25) is 4.79 Å². The van der Waals surface area contributed by atoms with E-state index in [2.05, 4.69) is 20.2 Å². The number of carbonyl (C=O) groups excluding carboxylic acids is 1. The molecular weight excluding hydrogens is 338 g/mol. The Balaban J connectivity index is 1.32. The largest absolute Gasteiger partial charge is 0.381 e. The van der Waals surface area contributed by atoms with Gasteiger partial charge in [-0.15, -0.1) is 0 Å². The second-order valence-electron chi connectivity index (χ2n) is 7.38. The second kappa shape index (κ2) is 8.37. The van der Waals surface area contributed by atoms with E-state index in [1.165, 1.54) is 32.1 Å². The number of pyridine rings is 2. The molecule has 2 aromatic heterocycles. The lowest BCUT2D eigenvalue weighted by molar-refractivity contribution is 0.0740. The smallest absolute Gasteiger partial charge is 0.272 e. The summed E-state index contributed by atoms with van der Waals surface area (Å²) in [5.41, 5.74) is 1.54. The van der Waals surface area contributed by atoms with Crippen molar-refractivity contribution < 1.29 is 4.79 Å². The van der Waals surface area contributed by atoms with Gasteiger partial charge in [-0.05, 0) is 37.1 Å². The Morgan fingerprint density at radius 2 is 1.78 bits per heavy atom. The number of rotatable bonds is 4. The third kappa shape index (κ3) is 4.38. The minimum absolute atomic E-state index is 0.0138. The summed E-state index contributed by atoms with van der Waals surface area (Å²) in [4.78, 5) is 25.7. The van der Waals surface area contributed by atoms with E-state index in [1.807, 2.05) is 35.2 Å². The molecule has 4 rings (SSSR count). The van der Waals surface area contributed by atoms with E-state index in [0.717, 1.165) is 24.6 Å². The topological polar surface area (TPSA) is 61.4 Å². The summed E-state index contributed by atoms with van der Waals surface area (Å²) >= 11 is 0. The van der Waals surface area contributed by atoms with Crippen LogP contribution in [0.2, 0.25) is 0 Å². The Kier molecular flexibility index (Phi) is 5.51. The normalized spacial score (nSPS) is 18.4. The van der Waals surface area contributed by atoms with Crippen molar-refractivity contribution in [2.45, 2.75) is 38.1 Å². The third-order valence-corrected chi connectivity index (χ3v) is 5.50. The molecule has 142 valence electrons. The van der Waals surface area contributed by atoms with E-state index in [1.54, 1.807) is 12.4 Å². The fraction of sp³-hybridized carbons (Fsp3) is 0.476. The van der Waals surface area contributed by atoms with Gasteiger partial charge in [0.2, 0.25) is 0 Å². The van der Waals surface area contributed by atoms with E-state index < -0.39 is 0 Å². The van der Waals surface area contributed by atoms with E-state index >= 15 is 0 Å². The quantitative estimate of drug-likeness (QED) is 0.902. The van der Waals surface area contributed by atoms with Gasteiger partial charge in [0.1, 0.15) is 11.5 Å². The van der Waals surface area contributed by atoms with Crippen LogP contribution in [0.5, 0.6) is 0 Å². The summed E-state index contributed by atoms with van der Waals surface area (Å²) < 4.78 is 0. The number of hydrogen-bond acceptors (Lipinski definition) is 5. The molecule has 1 aliphatic heterocycles. The molecule has 1 saturated carbocycles. The van der Waals surface area contributed by atoms with E-state index in [-0.39, 0.29) is 5.91 Å². The van der Waals surface area contributed by atoms with Crippen molar-refractivity contribution in [3.8, 4) is 0 Å². The Bertz CT molecular complexity index is 735. The molecule has 2 fully saturated rings. The van der Waals surface area contributed by atoms with Gasteiger partial charge >= 0.3 is 0 Å². The van der Waals surface area contributed by atoms with Gasteiger partial charge in [-0.2, -0.15) is 0 Å². The highest BCUT2D eigenvalue weighted by atomic mass is 16.2. The molecule has 2 aliphatic rings. The second-order valence-corrected chi connectivity index (χ2v) is 7.38. The van der Waals surface area contributed by atoms with Crippen LogP contribution in [0, 0.1) is 0 Å². The van der Waals surface area contributed by atoms with Crippen LogP contribution in [0.3, 0.4) is 0 Å². The van der Waals surface area contributed by atoms with E-state index in [9.17, 15) is 4.79 Å². The third-order valence-electron chi connectivity index (χ3n) is 5.50. The molecule has 1 N–H and O–H groups in total. The van der Waals surface area contributed by atoms with E-state index in [4.69, 9.17) is 0 Å². The van der Waals surface area contributed by atoms with Crippen LogP contribution in [-0.2, 0) is 0 Å². The molecule has 0 aromatic carbocycles. The van der Waals surface area contributed by atoms with E-state index in [0.29, 0.717) is 24.8 Å². The number of amides is 1. The summed E-state index contributed by atoms with van der Waals surface area (Å²) in [6, 6.07) is 10.3. The molecule has 1 aliphatic carbocycles. The molecule has 0 atom stereocenters. The molecule has 1 saturated heterocycles. The van der Waals surface area contributed by atoms with Gasteiger partial charge in [0.25, 0.3) is 5.91 Å². The van der Waals surface area contributed by atoms with Gasteiger partial charge in [0, 0.05) is 38.4 Å². The van der Waals surface area contributed by atoms with Crippen LogP contribution < -0.4 is 10.2 Å². The predicted octanol–water partition coefficient (Wildman–Crippen LogP) is 3.18. The molecule has 2 aromatic rings. The predicted molar refractivity (Wildman–Crippen MR) is 107 cm³/mol. The number of hydrogen-bond donors (Lipinski definition) is 1. The van der Waals surface area contributed by atoms with Crippen LogP contribution in [0.4, 0.5) is 11.5 Å². The Hall–Kier alpha value is -2.63. The zero-order valence-electron chi connectivity index (χ0n) is 15.7. The Morgan fingerprint density at radius 1 is 0.963 bits per heavy atom. The number of anilines is 2. The monoisotopic (exact) mass is 365 g/mol. The van der Waals surface area contributed by atoms with Crippen molar-refractivity contribution in [1.29, 1.82) is 0 Å². The first-order chi connectivity index (χ1) is 13.3. The average Bonchev–Trinajstić information content (AvgIpc) is 2.75. The maximum absolute atomic E-state index is 12.8. The van der Waals surface area contributed by atoms with Crippen molar-refractivity contribution in [2.24, 2.45) is 0 Å². The molecule has 0 radical (unpaired) electrons. The van der Waals surface area contributed by atoms with Crippen LogP contribution in [-0.4, -0.2) is 53.0 Å². The summed E-state index contributed by atoms with van der Waals surface area (Å²) in [6.07, 6.45) is 9.99. The summed E-state index contributed by atoms with van der Waals surface area (Å²) in [5, 5.41) is 3.55. The lowest BCUT2D eigenvalue weighted by Crippen LogP contribution is -2.49. The number of piperazine rings is 1. The average molecular weight is 365 g/mol. The van der Waals surface area contributed by atoms with Crippen molar-refractivity contribution in [2.75, 3.05) is 36.4 Å². The first-order valence-electron chi connectivity index (χ1n) is 9.97. The maximum Gasteiger partial charge on any atom is 0.272 e. The van der Waals surface area contributed by atoms with Crippen molar-refractivity contribution in [1.82, 2.24) is 14.9 Å². The molecule has 0 bridgehead atoms. The number of nitrogens with one attached hydrogen (secondary N) is 1. The first kappa shape index (κ1) is 17.8. The minimum atomic E-state index is 0.0138. The lowest BCUT2D eigenvalue weighted by atomic mass is 9.95. The summed E-state index contributed by atoms with van der Waals surface area (Å²) in [5.74, 6) is 0.987. The fourth-order valence-corrected chi connectivity index (χ4v) is 3.93. The van der Waals surface area contributed by atoms with Crippen molar-refractivity contribution >= 4 is 17.4 Å². The van der Waals surface area contributed by atoms with Gasteiger partial charge in [-0.1, -0.05) is 25.3 Å². The Labute approximate surface area is 160 Å². The summed E-state index contributed by atoms with van der Waals surface area (Å²) in [7, 11) is 0. The number of aromatic nitrogens is 2. The maximum atomic E-state index is 12.8. The van der Waals surface area contributed by atoms with Gasteiger partial charge in [0.15, 0.2) is 0 Å². The van der Waals surface area contributed by atoms with Crippen LogP contribution >= 0.6 is 0 Å². The summed E-state index contributed by atoms with van der Waals surface area (Å²) in [6.45, 7) is 2.98. The Morgan fingerprint density at radius 3 is 2.44 bits per heavy atom. The van der Waals surface area contributed by atoms with Crippen molar-refractivity contribution in [3.05, 3.63) is 48.4 Å². The van der Waals surface area contributed by atoms with Crippen LogP contribution in [0.1, 0.15) is 42.6 Å². The standard InChI is InChI=1S/C21H27N5O/c27-21(26-14-12-25(13-15-26)20-8-4-5-11-22-20)19-10-9-18(16-23-19)24-17-6-2-1-3-7-17/h4-5,8-11,16-17,24H,1-3,6-7,12-15H2. The highest BCUT2D eigenvalue weighted by molar-refractivity contribution is 5.92. The molecule has 3 heterocycles. The molecule has 6 nitrogen and oxygen atoms in total. The SMILES string of the molecule is O=C(c1ccc(NC2CCCCC2)cn1)N1CCN(c2ccccn2)CC1. The van der Waals surface area contributed by atoms with Gasteiger partial charge in [0.05, 0.1) is 11.9 Å². The molecule has 27 heavy (non-hydrogen) atoms. The number of carbonyl (C=O) groups is 1. The number of nitrogens with zero attached hydrogens (tertiary/aromatic N) is 4. The van der Waals surface area contributed by atoms with Gasteiger partial charge < -0.3 is 15.1 Å². The molecule has 1 amide bonds. The molecule has 0 spiro atoms. The fourth-order valence-electron chi connectivity index (χ4n) is 3.93. The molecule has 0 unspecified atom stereocenters. The van der Waals surface area contributed by atoms with Crippen molar-refractivity contribution in [3.63, 3.8) is 0 Å². The van der Waals surface area contributed by atoms with Crippen LogP contribution in [0.25, 0.3) is 0 Å².